The molecule has 0 aliphatic carbocycles. The average molecular weight is 511 g/mol. The number of aromatic nitrogens is 5. The highest BCUT2D eigenvalue weighted by molar-refractivity contribution is 5.89. The Hall–Kier alpha value is -3.45. The number of imidazole rings is 1. The van der Waals surface area contributed by atoms with Gasteiger partial charge in [-0.25, -0.2) is 9.97 Å². The molecule has 1 saturated heterocycles. The fraction of sp³-hybridized carbons (Fsp3) is 0.348. The number of alkyl halides is 6. The number of nitrogens with one attached hydrogen (secondary N) is 1. The molecular weight excluding hydrogens is 492 g/mol. The van der Waals surface area contributed by atoms with E-state index in [-0.39, 0.29) is 24.1 Å². The summed E-state index contributed by atoms with van der Waals surface area (Å²) < 4.78 is 93.2. The summed E-state index contributed by atoms with van der Waals surface area (Å²) in [6.45, 7) is 0.818. The van der Waals surface area contributed by atoms with Crippen LogP contribution in [0.2, 0.25) is 0 Å². The van der Waals surface area contributed by atoms with Gasteiger partial charge < -0.3 is 9.47 Å². The predicted octanol–water partition coefficient (Wildman–Crippen LogP) is 5.89. The number of fused-ring (bicyclic) bond motifs is 2. The Morgan fingerprint density at radius 1 is 1.08 bits per heavy atom. The van der Waals surface area contributed by atoms with E-state index in [2.05, 4.69) is 20.2 Å². The van der Waals surface area contributed by atoms with Gasteiger partial charge in [-0.05, 0) is 43.5 Å². The van der Waals surface area contributed by atoms with Gasteiger partial charge in [0.15, 0.2) is 11.9 Å². The molecule has 0 amide bonds. The molecule has 190 valence electrons. The number of hydrogen-bond donors (Lipinski definition) is 1. The van der Waals surface area contributed by atoms with Crippen molar-refractivity contribution in [2.75, 3.05) is 13.2 Å². The highest BCUT2D eigenvalue weighted by Crippen LogP contribution is 2.36. The third-order valence-electron chi connectivity index (χ3n) is 5.68. The van der Waals surface area contributed by atoms with Crippen LogP contribution in [-0.4, -0.2) is 44.2 Å². The zero-order valence-electron chi connectivity index (χ0n) is 18.5. The highest BCUT2D eigenvalue weighted by atomic mass is 19.4. The maximum atomic E-state index is 13.9. The summed E-state index contributed by atoms with van der Waals surface area (Å²) in [6.07, 6.45) is -2.65. The van der Waals surface area contributed by atoms with Crippen molar-refractivity contribution in [2.24, 2.45) is 0 Å². The summed E-state index contributed by atoms with van der Waals surface area (Å²) in [5, 5.41) is 7.18. The van der Waals surface area contributed by atoms with Crippen LogP contribution in [0, 0.1) is 0 Å². The molecule has 1 aliphatic rings. The van der Waals surface area contributed by atoms with E-state index < -0.39 is 29.5 Å². The number of hydrogen-bond acceptors (Lipinski definition) is 5. The van der Waals surface area contributed by atoms with Gasteiger partial charge in [0, 0.05) is 17.6 Å². The quantitative estimate of drug-likeness (QED) is 0.338. The number of H-pyrrole nitrogens is 1. The molecule has 4 aromatic rings. The Balaban J connectivity index is 1.58. The summed E-state index contributed by atoms with van der Waals surface area (Å²) in [4.78, 5) is 7.02. The van der Waals surface area contributed by atoms with E-state index in [1.807, 2.05) is 0 Å². The van der Waals surface area contributed by atoms with Crippen molar-refractivity contribution >= 4 is 28.1 Å². The molecule has 36 heavy (non-hydrogen) atoms. The normalized spacial score (nSPS) is 17.6. The number of nitrogens with zero attached hydrogens (tertiary/aromatic N) is 4. The smallest absolute Gasteiger partial charge is 0.353 e. The third-order valence-corrected chi connectivity index (χ3v) is 5.68. The molecule has 5 rings (SSSR count). The molecule has 0 saturated carbocycles. The van der Waals surface area contributed by atoms with Crippen LogP contribution in [0.3, 0.4) is 0 Å². The van der Waals surface area contributed by atoms with Crippen molar-refractivity contribution in [3.8, 4) is 5.69 Å². The summed E-state index contributed by atoms with van der Waals surface area (Å²) in [5.74, 6) is -1.39. The fourth-order valence-corrected chi connectivity index (χ4v) is 4.06. The van der Waals surface area contributed by atoms with Crippen molar-refractivity contribution in [1.29, 1.82) is 0 Å². The van der Waals surface area contributed by atoms with Crippen molar-refractivity contribution < 1.29 is 35.8 Å². The molecule has 3 aromatic heterocycles. The maximum absolute atomic E-state index is 13.9. The summed E-state index contributed by atoms with van der Waals surface area (Å²) in [6, 6.07) is 4.25. The topological polar surface area (TPSA) is 77.9 Å². The van der Waals surface area contributed by atoms with E-state index in [4.69, 9.17) is 9.47 Å². The first-order chi connectivity index (χ1) is 17.1. The molecule has 1 unspecified atom stereocenters. The second-order valence-electron chi connectivity index (χ2n) is 8.21. The van der Waals surface area contributed by atoms with Crippen LogP contribution in [0.5, 0.6) is 0 Å². The molecule has 1 aliphatic heterocycles. The van der Waals surface area contributed by atoms with Gasteiger partial charge in [-0.3, -0.25) is 9.67 Å². The maximum Gasteiger partial charge on any atom is 0.450 e. The van der Waals surface area contributed by atoms with E-state index in [1.54, 1.807) is 12.2 Å². The molecular formula is C23H19F6N5O2. The van der Waals surface area contributed by atoms with Crippen LogP contribution in [0.4, 0.5) is 26.3 Å². The number of ether oxygens (including phenoxy) is 2. The zero-order chi connectivity index (χ0) is 25.5. The molecule has 4 heterocycles. The van der Waals surface area contributed by atoms with Gasteiger partial charge in [0.1, 0.15) is 11.2 Å². The molecule has 0 spiro atoms. The van der Waals surface area contributed by atoms with E-state index in [9.17, 15) is 26.3 Å². The SMILES string of the molecule is FC(F)(F)c1ccc2nc(C(F)(F)F)n(-c3cc(C=CCOC4CCCCO4)c4[nH]ncc4c3)c2n1. The van der Waals surface area contributed by atoms with Gasteiger partial charge in [-0.15, -0.1) is 0 Å². The van der Waals surface area contributed by atoms with Gasteiger partial charge in [0.05, 0.1) is 24.0 Å². The van der Waals surface area contributed by atoms with Gasteiger partial charge in [-0.2, -0.15) is 31.4 Å². The Morgan fingerprint density at radius 3 is 2.64 bits per heavy atom. The van der Waals surface area contributed by atoms with Crippen LogP contribution in [0.15, 0.2) is 36.5 Å². The first-order valence-corrected chi connectivity index (χ1v) is 11.0. The zero-order valence-corrected chi connectivity index (χ0v) is 18.5. The van der Waals surface area contributed by atoms with E-state index in [0.29, 0.717) is 33.7 Å². The summed E-state index contributed by atoms with van der Waals surface area (Å²) in [5.41, 5.74) is -1.28. The van der Waals surface area contributed by atoms with Crippen molar-refractivity contribution in [3.63, 3.8) is 0 Å². The molecule has 1 fully saturated rings. The second-order valence-corrected chi connectivity index (χ2v) is 8.21. The minimum absolute atomic E-state index is 0.0678. The minimum Gasteiger partial charge on any atom is -0.353 e. The van der Waals surface area contributed by atoms with Crippen molar-refractivity contribution in [1.82, 2.24) is 24.7 Å². The van der Waals surface area contributed by atoms with E-state index in [1.165, 1.54) is 18.3 Å². The Morgan fingerprint density at radius 2 is 1.92 bits per heavy atom. The second kappa shape index (κ2) is 9.21. The number of benzene rings is 1. The molecule has 7 nitrogen and oxygen atoms in total. The largest absolute Gasteiger partial charge is 0.450 e. The van der Waals surface area contributed by atoms with Gasteiger partial charge in [0.2, 0.25) is 5.82 Å². The van der Waals surface area contributed by atoms with Crippen molar-refractivity contribution in [3.05, 3.63) is 53.6 Å². The molecule has 0 bridgehead atoms. The third kappa shape index (κ3) is 4.80. The lowest BCUT2D eigenvalue weighted by atomic mass is 10.1. The Kier molecular flexibility index (Phi) is 6.20. The summed E-state index contributed by atoms with van der Waals surface area (Å²) >= 11 is 0. The van der Waals surface area contributed by atoms with Crippen molar-refractivity contribution in [2.45, 2.75) is 37.9 Å². The monoisotopic (exact) mass is 511 g/mol. The fourth-order valence-electron chi connectivity index (χ4n) is 4.06. The van der Waals surface area contributed by atoms with Gasteiger partial charge in [-0.1, -0.05) is 12.2 Å². The number of rotatable bonds is 5. The standard InChI is InChI=1S/C23H19F6N5O2/c24-22(25,26)17-7-6-16-20(32-17)34(21(31-16)23(27,28)29)15-10-13(19-14(11-15)12-30-33-19)4-3-9-36-18-5-1-2-8-35-18/h3-4,6-7,10-12,18H,1-2,5,8-9H2,(H,30,33). The first-order valence-electron chi connectivity index (χ1n) is 11.0. The van der Waals surface area contributed by atoms with E-state index >= 15 is 0 Å². The van der Waals surface area contributed by atoms with Crippen LogP contribution in [0.25, 0.3) is 33.8 Å². The van der Waals surface area contributed by atoms with Crippen LogP contribution in [0.1, 0.15) is 36.3 Å². The Labute approximate surface area is 199 Å². The molecule has 1 N–H and O–H groups in total. The first kappa shape index (κ1) is 24.3. The number of halogens is 6. The van der Waals surface area contributed by atoms with Gasteiger partial charge in [0.25, 0.3) is 0 Å². The average Bonchev–Trinajstić information content (AvgIpc) is 3.46. The highest BCUT2D eigenvalue weighted by Gasteiger charge is 2.40. The lowest BCUT2D eigenvalue weighted by Gasteiger charge is -2.21. The molecule has 13 heteroatoms. The molecule has 1 aromatic carbocycles. The lowest BCUT2D eigenvalue weighted by Crippen LogP contribution is -2.22. The van der Waals surface area contributed by atoms with Gasteiger partial charge >= 0.3 is 12.4 Å². The van der Waals surface area contributed by atoms with Crippen LogP contribution >= 0.6 is 0 Å². The van der Waals surface area contributed by atoms with E-state index in [0.717, 1.165) is 25.3 Å². The lowest BCUT2D eigenvalue weighted by molar-refractivity contribution is -0.155. The van der Waals surface area contributed by atoms with Crippen LogP contribution in [-0.2, 0) is 21.8 Å². The molecule has 0 radical (unpaired) electrons. The molecule has 1 atom stereocenters. The predicted molar refractivity (Wildman–Crippen MR) is 117 cm³/mol. The summed E-state index contributed by atoms with van der Waals surface area (Å²) in [7, 11) is 0. The number of aromatic amines is 1. The minimum atomic E-state index is -4.95. The number of pyridine rings is 1. The van der Waals surface area contributed by atoms with Crippen LogP contribution < -0.4 is 0 Å². The Bertz CT molecular complexity index is 1420.